The van der Waals surface area contributed by atoms with Gasteiger partial charge in [-0.15, -0.1) is 0 Å². The highest BCUT2D eigenvalue weighted by Gasteiger charge is 2.15. The molecule has 0 atom stereocenters. The van der Waals surface area contributed by atoms with Crippen LogP contribution in [0.5, 0.6) is 0 Å². The molecule has 0 heterocycles. The molecule has 0 N–H and O–H groups in total. The van der Waals surface area contributed by atoms with Gasteiger partial charge in [-0.25, -0.2) is 0 Å². The Morgan fingerprint density at radius 1 is 0.525 bits per heavy atom. The van der Waals surface area contributed by atoms with Crippen molar-refractivity contribution in [2.45, 2.75) is 48.0 Å². The standard InChI is InChI=1S/C43H42N2O.C7H8.C6H10/c1-7-14-37(15-8-2)44(39-18-12-11-13-19-39)41-28-22-35(23-29-41)36-24-30-42(31-25-36)45(38(16-9-3)17-10-4)40-26-20-34(21-27-40)32-43(46)33(5)6;1-7-5-3-2-4-6-7;1-4-5-6(2)3/h7-31H,1,3,5,32H2,2,4,6H3;2-6H,1H3;4-5H,1H2,2-3H3/b15-8-,17-10-,37-14+,38-16+;;. The number of carbonyl (C=O) groups is 1. The third kappa shape index (κ3) is 15.1. The number of Topliss-reactive ketones (excluding diaryl/α,β-unsaturated/α-hetero) is 1. The average molecular weight is 777 g/mol. The Balaban J connectivity index is 0.000000610. The second-order valence-corrected chi connectivity index (χ2v) is 13.9. The molecule has 0 saturated heterocycles. The van der Waals surface area contributed by atoms with Crippen molar-refractivity contribution in [3.8, 4) is 11.1 Å². The van der Waals surface area contributed by atoms with Gasteiger partial charge in [0.2, 0.25) is 0 Å². The monoisotopic (exact) mass is 776 g/mol. The largest absolute Gasteiger partial charge is 0.311 e. The van der Waals surface area contributed by atoms with Crippen LogP contribution in [0.2, 0.25) is 0 Å². The molecule has 0 amide bonds. The number of hydrogen-bond acceptors (Lipinski definition) is 3. The Hall–Kier alpha value is -6.97. The van der Waals surface area contributed by atoms with Crippen molar-refractivity contribution in [3.05, 3.63) is 254 Å². The van der Waals surface area contributed by atoms with E-state index in [1.807, 2.05) is 113 Å². The zero-order chi connectivity index (χ0) is 43.0. The Kier molecular flexibility index (Phi) is 19.9. The van der Waals surface area contributed by atoms with Gasteiger partial charge in [0.25, 0.3) is 0 Å². The van der Waals surface area contributed by atoms with Crippen LogP contribution in [0, 0.1) is 6.92 Å². The van der Waals surface area contributed by atoms with Gasteiger partial charge in [0.15, 0.2) is 5.78 Å². The number of anilines is 4. The molecule has 0 aliphatic heterocycles. The van der Waals surface area contributed by atoms with Crippen molar-refractivity contribution < 1.29 is 4.79 Å². The lowest BCUT2D eigenvalue weighted by Gasteiger charge is -2.27. The van der Waals surface area contributed by atoms with Crippen LogP contribution in [-0.2, 0) is 11.2 Å². The van der Waals surface area contributed by atoms with E-state index in [1.165, 1.54) is 11.1 Å². The molecular weight excluding hydrogens is 717 g/mol. The third-order valence-corrected chi connectivity index (χ3v) is 8.79. The van der Waals surface area contributed by atoms with Gasteiger partial charge in [-0.05, 0) is 137 Å². The molecule has 0 fully saturated rings. The normalized spacial score (nSPS) is 11.0. The van der Waals surface area contributed by atoms with Gasteiger partial charge in [0.05, 0.1) is 0 Å². The summed E-state index contributed by atoms with van der Waals surface area (Å²) in [7, 11) is 0. The van der Waals surface area contributed by atoms with Gasteiger partial charge in [-0.2, -0.15) is 0 Å². The fourth-order valence-corrected chi connectivity index (χ4v) is 5.94. The first-order valence-electron chi connectivity index (χ1n) is 19.9. The number of carbonyl (C=O) groups excluding carboxylic acids is 1. The molecule has 0 radical (unpaired) electrons. The number of hydrogen-bond donors (Lipinski definition) is 0. The Morgan fingerprint density at radius 3 is 1.20 bits per heavy atom. The highest BCUT2D eigenvalue weighted by Crippen LogP contribution is 2.35. The summed E-state index contributed by atoms with van der Waals surface area (Å²) in [6.45, 7) is 27.1. The van der Waals surface area contributed by atoms with Gasteiger partial charge in [-0.1, -0.05) is 159 Å². The number of allylic oxidation sites excluding steroid dienone is 12. The SMILES string of the molecule is C=C/C=C(\C=C/C)N(c1ccccc1)c1ccc(-c2ccc(N(C(/C=C\C)=C/C=C)c3ccc(CC(=O)C(=C)C)cc3)cc2)cc1.C=CC=C(C)C.Cc1ccccc1. The molecule has 300 valence electrons. The summed E-state index contributed by atoms with van der Waals surface area (Å²) in [5, 5.41) is 0. The number of nitrogens with zero attached hydrogens (tertiary/aromatic N) is 2. The van der Waals surface area contributed by atoms with E-state index in [0.717, 1.165) is 50.8 Å². The smallest absolute Gasteiger partial charge is 0.162 e. The lowest BCUT2D eigenvalue weighted by atomic mass is 10.0. The molecule has 0 aliphatic rings. The summed E-state index contributed by atoms with van der Waals surface area (Å²) in [6.07, 6.45) is 19.9. The summed E-state index contributed by atoms with van der Waals surface area (Å²) < 4.78 is 0. The van der Waals surface area contributed by atoms with Crippen molar-refractivity contribution in [1.82, 2.24) is 0 Å². The first-order valence-corrected chi connectivity index (χ1v) is 19.9. The van der Waals surface area contributed by atoms with E-state index in [4.69, 9.17) is 0 Å². The van der Waals surface area contributed by atoms with Crippen LogP contribution in [0.3, 0.4) is 0 Å². The van der Waals surface area contributed by atoms with Crippen LogP contribution in [0.15, 0.2) is 243 Å². The number of aryl methyl sites for hydroxylation is 1. The first kappa shape index (κ1) is 46.4. The van der Waals surface area contributed by atoms with Crippen molar-refractivity contribution in [1.29, 1.82) is 0 Å². The second-order valence-electron chi connectivity index (χ2n) is 13.9. The molecule has 0 unspecified atom stereocenters. The van der Waals surface area contributed by atoms with Crippen molar-refractivity contribution >= 4 is 28.5 Å². The summed E-state index contributed by atoms with van der Waals surface area (Å²) in [5.74, 6) is 0.0497. The zero-order valence-corrected chi connectivity index (χ0v) is 35.8. The van der Waals surface area contributed by atoms with E-state index in [9.17, 15) is 4.79 Å². The van der Waals surface area contributed by atoms with Crippen LogP contribution in [0.25, 0.3) is 11.1 Å². The van der Waals surface area contributed by atoms with E-state index in [-0.39, 0.29) is 5.78 Å². The fraction of sp³-hybridized carbons (Fsp3) is 0.125. The van der Waals surface area contributed by atoms with Crippen LogP contribution >= 0.6 is 0 Å². The lowest BCUT2D eigenvalue weighted by Crippen LogP contribution is -2.15. The number of ketones is 1. The minimum absolute atomic E-state index is 0.0497. The summed E-state index contributed by atoms with van der Waals surface area (Å²) in [4.78, 5) is 16.6. The molecule has 3 nitrogen and oxygen atoms in total. The van der Waals surface area contributed by atoms with Crippen LogP contribution in [0.1, 0.15) is 45.7 Å². The summed E-state index contributed by atoms with van der Waals surface area (Å²) in [5.41, 5.74) is 12.5. The molecule has 5 aromatic carbocycles. The van der Waals surface area contributed by atoms with Crippen LogP contribution in [0.4, 0.5) is 22.7 Å². The van der Waals surface area contributed by atoms with Crippen molar-refractivity contribution in [2.75, 3.05) is 9.80 Å². The average Bonchev–Trinajstić information content (AvgIpc) is 3.23. The summed E-state index contributed by atoms with van der Waals surface area (Å²) in [6, 6.07) is 45.9. The molecule has 0 spiro atoms. The Bertz CT molecular complexity index is 2250. The van der Waals surface area contributed by atoms with E-state index in [2.05, 4.69) is 140 Å². The topological polar surface area (TPSA) is 23.6 Å². The van der Waals surface area contributed by atoms with E-state index < -0.39 is 0 Å². The third-order valence-electron chi connectivity index (χ3n) is 8.79. The highest BCUT2D eigenvalue weighted by atomic mass is 16.1. The Labute approximate surface area is 355 Å². The molecule has 0 saturated carbocycles. The van der Waals surface area contributed by atoms with E-state index in [0.29, 0.717) is 12.0 Å². The quantitative estimate of drug-likeness (QED) is 0.0781. The predicted octanol–water partition coefficient (Wildman–Crippen LogP) is 15.7. The summed E-state index contributed by atoms with van der Waals surface area (Å²) >= 11 is 0. The molecule has 0 aromatic heterocycles. The predicted molar refractivity (Wildman–Crippen MR) is 260 cm³/mol. The molecule has 5 rings (SSSR count). The Morgan fingerprint density at radius 2 is 0.898 bits per heavy atom. The van der Waals surface area contributed by atoms with Crippen molar-refractivity contribution in [3.63, 3.8) is 0 Å². The highest BCUT2D eigenvalue weighted by molar-refractivity contribution is 5.95. The van der Waals surface area contributed by atoms with Gasteiger partial charge < -0.3 is 9.80 Å². The molecule has 3 heteroatoms. The minimum Gasteiger partial charge on any atom is -0.311 e. The molecular formula is C56H60N2O. The molecule has 0 bridgehead atoms. The maximum Gasteiger partial charge on any atom is 0.162 e. The van der Waals surface area contributed by atoms with Crippen molar-refractivity contribution in [2.24, 2.45) is 0 Å². The maximum absolute atomic E-state index is 12.2. The number of benzene rings is 5. The van der Waals surface area contributed by atoms with Gasteiger partial charge in [-0.3, -0.25) is 4.79 Å². The number of rotatable bonds is 15. The molecule has 5 aromatic rings. The molecule has 0 aliphatic carbocycles. The van der Waals surface area contributed by atoms with Gasteiger partial charge in [0, 0.05) is 40.6 Å². The van der Waals surface area contributed by atoms with E-state index >= 15 is 0 Å². The molecule has 59 heavy (non-hydrogen) atoms. The zero-order valence-electron chi connectivity index (χ0n) is 35.8. The van der Waals surface area contributed by atoms with Crippen LogP contribution < -0.4 is 9.80 Å². The fourth-order valence-electron chi connectivity index (χ4n) is 5.94. The van der Waals surface area contributed by atoms with Gasteiger partial charge >= 0.3 is 0 Å². The minimum atomic E-state index is 0.0497. The maximum atomic E-state index is 12.2. The van der Waals surface area contributed by atoms with Crippen LogP contribution in [-0.4, -0.2) is 5.78 Å². The first-order chi connectivity index (χ1) is 28.6. The number of para-hydroxylation sites is 1. The lowest BCUT2D eigenvalue weighted by molar-refractivity contribution is -0.114. The second kappa shape index (κ2) is 25.3. The van der Waals surface area contributed by atoms with Gasteiger partial charge in [0.1, 0.15) is 0 Å². The van der Waals surface area contributed by atoms with E-state index in [1.54, 1.807) is 19.1 Å².